The van der Waals surface area contributed by atoms with E-state index in [4.69, 9.17) is 4.74 Å². The van der Waals surface area contributed by atoms with E-state index in [1.165, 1.54) is 54.5 Å². The van der Waals surface area contributed by atoms with Gasteiger partial charge >= 0.3 is 6.18 Å². The number of ether oxygens (including phenoxy) is 1. The molecule has 0 aliphatic carbocycles. The Morgan fingerprint density at radius 3 is 2.60 bits per heavy atom. The Morgan fingerprint density at radius 2 is 1.93 bits per heavy atom. The maximum absolute atomic E-state index is 13.7. The van der Waals surface area contributed by atoms with E-state index in [1.807, 2.05) is 0 Å². The Hall–Kier alpha value is -4.85. The van der Waals surface area contributed by atoms with Crippen LogP contribution in [0.3, 0.4) is 0 Å². The van der Waals surface area contributed by atoms with Crippen LogP contribution in [-0.2, 0) is 22.3 Å². The SMILES string of the molecule is COCCNC(=O)CCn1cc(C(=O)Nc2ccc(-n3nc(-c4cccnc4)cc3C(F)(F)F)cn2)ccc1=O. The van der Waals surface area contributed by atoms with Crippen molar-refractivity contribution in [1.29, 1.82) is 0 Å². The van der Waals surface area contributed by atoms with Crippen LogP contribution in [0.15, 0.2) is 72.0 Å². The maximum atomic E-state index is 13.7. The van der Waals surface area contributed by atoms with Gasteiger partial charge in [0.1, 0.15) is 11.5 Å². The van der Waals surface area contributed by atoms with Crippen molar-refractivity contribution in [3.8, 4) is 16.9 Å². The van der Waals surface area contributed by atoms with E-state index in [9.17, 15) is 27.6 Å². The number of nitrogens with one attached hydrogen (secondary N) is 2. The molecule has 2 amide bonds. The first-order valence-corrected chi connectivity index (χ1v) is 12.0. The van der Waals surface area contributed by atoms with Crippen LogP contribution < -0.4 is 16.2 Å². The number of halogens is 3. The fraction of sp³-hybridized carbons (Fsp3) is 0.231. The third-order valence-electron chi connectivity index (χ3n) is 5.64. The van der Waals surface area contributed by atoms with Gasteiger partial charge in [-0.1, -0.05) is 0 Å². The van der Waals surface area contributed by atoms with E-state index in [0.717, 1.165) is 16.9 Å². The predicted molar refractivity (Wildman–Crippen MR) is 138 cm³/mol. The van der Waals surface area contributed by atoms with Crippen molar-refractivity contribution in [2.45, 2.75) is 19.1 Å². The molecule has 11 nitrogen and oxygen atoms in total. The van der Waals surface area contributed by atoms with Gasteiger partial charge < -0.3 is 19.9 Å². The molecule has 0 bridgehead atoms. The lowest BCUT2D eigenvalue weighted by Crippen LogP contribution is -2.29. The Labute approximate surface area is 225 Å². The average Bonchev–Trinajstić information content (AvgIpc) is 3.40. The Morgan fingerprint density at radius 1 is 1.10 bits per heavy atom. The number of hydrogen-bond donors (Lipinski definition) is 2. The van der Waals surface area contributed by atoms with Crippen LogP contribution in [0.1, 0.15) is 22.5 Å². The molecule has 0 unspecified atom stereocenters. The number of carbonyl (C=O) groups excluding carboxylic acids is 2. The number of pyridine rings is 3. The van der Waals surface area contributed by atoms with Crippen LogP contribution in [0.5, 0.6) is 0 Å². The molecular weight excluding hydrogens is 531 g/mol. The number of aryl methyl sites for hydroxylation is 1. The number of aromatic nitrogens is 5. The maximum Gasteiger partial charge on any atom is 0.433 e. The van der Waals surface area contributed by atoms with Gasteiger partial charge in [0, 0.05) is 56.8 Å². The molecule has 40 heavy (non-hydrogen) atoms. The van der Waals surface area contributed by atoms with Crippen LogP contribution in [0.25, 0.3) is 16.9 Å². The minimum Gasteiger partial charge on any atom is -0.383 e. The van der Waals surface area contributed by atoms with Gasteiger partial charge in [-0.2, -0.15) is 18.3 Å². The van der Waals surface area contributed by atoms with Crippen LogP contribution in [-0.4, -0.2) is 56.4 Å². The molecule has 0 atom stereocenters. The zero-order chi connectivity index (χ0) is 28.7. The molecule has 0 saturated carbocycles. The average molecular weight is 556 g/mol. The van der Waals surface area contributed by atoms with Gasteiger partial charge in [0.05, 0.1) is 29.7 Å². The van der Waals surface area contributed by atoms with E-state index in [-0.39, 0.29) is 41.6 Å². The number of amides is 2. The lowest BCUT2D eigenvalue weighted by molar-refractivity contribution is -0.142. The number of hydrogen-bond acceptors (Lipinski definition) is 7. The molecule has 4 rings (SSSR count). The molecule has 0 spiro atoms. The highest BCUT2D eigenvalue weighted by molar-refractivity contribution is 6.03. The summed E-state index contributed by atoms with van der Waals surface area (Å²) < 4.78 is 48.0. The first-order chi connectivity index (χ1) is 19.2. The highest BCUT2D eigenvalue weighted by Gasteiger charge is 2.36. The molecule has 208 valence electrons. The van der Waals surface area contributed by atoms with Gasteiger partial charge in [-0.05, 0) is 36.4 Å². The fourth-order valence-corrected chi connectivity index (χ4v) is 3.65. The quantitative estimate of drug-likeness (QED) is 0.288. The first kappa shape index (κ1) is 28.2. The summed E-state index contributed by atoms with van der Waals surface area (Å²) in [5, 5.41) is 9.27. The lowest BCUT2D eigenvalue weighted by Gasteiger charge is -2.11. The van der Waals surface area contributed by atoms with E-state index in [2.05, 4.69) is 25.7 Å². The summed E-state index contributed by atoms with van der Waals surface area (Å²) in [6.07, 6.45) is 0.703. The number of rotatable bonds is 10. The molecular formula is C26H24F3N7O4. The monoisotopic (exact) mass is 555 g/mol. The van der Waals surface area contributed by atoms with Crippen LogP contribution >= 0.6 is 0 Å². The van der Waals surface area contributed by atoms with E-state index < -0.39 is 23.3 Å². The Kier molecular flexibility index (Phi) is 8.69. The van der Waals surface area contributed by atoms with E-state index >= 15 is 0 Å². The molecule has 0 radical (unpaired) electrons. The summed E-state index contributed by atoms with van der Waals surface area (Å²) in [6.45, 7) is 0.744. The molecule has 0 aliphatic rings. The molecule has 0 saturated heterocycles. The molecule has 14 heteroatoms. The normalized spacial score (nSPS) is 11.3. The standard InChI is InChI=1S/C26H24F3N7O4/c1-40-12-10-31-23(37)8-11-35-16-18(4-7-24(35)38)25(39)33-22-6-5-19(15-32-22)36-21(26(27,28)29)13-20(34-36)17-3-2-9-30-14-17/h2-7,9,13-16H,8,10-12H2,1H3,(H,31,37)(H,32,33,39). The predicted octanol–water partition coefficient (Wildman–Crippen LogP) is 2.91. The molecule has 4 aromatic heterocycles. The van der Waals surface area contributed by atoms with Crippen molar-refractivity contribution < 1.29 is 27.5 Å². The number of methoxy groups -OCH3 is 1. The van der Waals surface area contributed by atoms with Gasteiger partial charge in [-0.3, -0.25) is 19.4 Å². The molecule has 0 aromatic carbocycles. The summed E-state index contributed by atoms with van der Waals surface area (Å²) in [5.41, 5.74) is -0.749. The summed E-state index contributed by atoms with van der Waals surface area (Å²) >= 11 is 0. The van der Waals surface area contributed by atoms with Crippen molar-refractivity contribution in [3.05, 3.63) is 88.9 Å². The van der Waals surface area contributed by atoms with Crippen molar-refractivity contribution >= 4 is 17.6 Å². The van der Waals surface area contributed by atoms with Gasteiger partial charge in [0.2, 0.25) is 5.91 Å². The lowest BCUT2D eigenvalue weighted by atomic mass is 10.2. The largest absolute Gasteiger partial charge is 0.433 e. The van der Waals surface area contributed by atoms with Crippen LogP contribution in [0.4, 0.5) is 19.0 Å². The molecule has 0 aliphatic heterocycles. The summed E-state index contributed by atoms with van der Waals surface area (Å²) in [4.78, 5) is 44.8. The van der Waals surface area contributed by atoms with Crippen LogP contribution in [0, 0.1) is 0 Å². The van der Waals surface area contributed by atoms with Crippen molar-refractivity contribution in [2.75, 3.05) is 25.6 Å². The minimum absolute atomic E-state index is 0.0214. The third-order valence-corrected chi connectivity index (χ3v) is 5.64. The summed E-state index contributed by atoms with van der Waals surface area (Å²) in [5.74, 6) is -0.814. The highest BCUT2D eigenvalue weighted by atomic mass is 19.4. The van der Waals surface area contributed by atoms with Crippen molar-refractivity contribution in [3.63, 3.8) is 0 Å². The fourth-order valence-electron chi connectivity index (χ4n) is 3.65. The Balaban J connectivity index is 1.47. The molecule has 2 N–H and O–H groups in total. The zero-order valence-corrected chi connectivity index (χ0v) is 21.2. The number of carbonyl (C=O) groups is 2. The van der Waals surface area contributed by atoms with Crippen LogP contribution in [0.2, 0.25) is 0 Å². The molecule has 0 fully saturated rings. The zero-order valence-electron chi connectivity index (χ0n) is 21.2. The first-order valence-electron chi connectivity index (χ1n) is 12.0. The summed E-state index contributed by atoms with van der Waals surface area (Å²) in [7, 11) is 1.51. The molecule has 4 aromatic rings. The number of nitrogens with zero attached hydrogens (tertiary/aromatic N) is 5. The third kappa shape index (κ3) is 6.96. The molecule has 4 heterocycles. The van der Waals surface area contributed by atoms with Gasteiger partial charge in [0.15, 0.2) is 0 Å². The topological polar surface area (TPSA) is 133 Å². The van der Waals surface area contributed by atoms with Crippen molar-refractivity contribution in [1.82, 2.24) is 29.6 Å². The second kappa shape index (κ2) is 12.3. The smallest absolute Gasteiger partial charge is 0.383 e. The van der Waals surface area contributed by atoms with Gasteiger partial charge in [-0.25, -0.2) is 9.67 Å². The number of anilines is 1. The van der Waals surface area contributed by atoms with E-state index in [1.54, 1.807) is 12.1 Å². The van der Waals surface area contributed by atoms with Crippen molar-refractivity contribution in [2.24, 2.45) is 0 Å². The highest BCUT2D eigenvalue weighted by Crippen LogP contribution is 2.33. The van der Waals surface area contributed by atoms with Gasteiger partial charge in [-0.15, -0.1) is 0 Å². The van der Waals surface area contributed by atoms with E-state index in [0.29, 0.717) is 18.7 Å². The Bertz CT molecular complexity index is 1530. The minimum atomic E-state index is -4.69. The summed E-state index contributed by atoms with van der Waals surface area (Å²) in [6, 6.07) is 9.29. The second-order valence-corrected chi connectivity index (χ2v) is 8.46. The van der Waals surface area contributed by atoms with Gasteiger partial charge in [0.25, 0.3) is 11.5 Å². The number of alkyl halides is 3. The second-order valence-electron chi connectivity index (χ2n) is 8.46.